The van der Waals surface area contributed by atoms with Gasteiger partial charge in [0.05, 0.1) is 16.1 Å². The summed E-state index contributed by atoms with van der Waals surface area (Å²) in [5.74, 6) is 0.525. The highest BCUT2D eigenvalue weighted by Gasteiger charge is 2.30. The largest absolute Gasteiger partial charge is 0.369 e. The lowest BCUT2D eigenvalue weighted by Gasteiger charge is -2.35. The summed E-state index contributed by atoms with van der Waals surface area (Å²) in [5, 5.41) is 0.698. The van der Waals surface area contributed by atoms with Crippen LogP contribution < -0.4 is 5.73 Å². The molecular weight excluding hydrogens is 258 g/mol. The van der Waals surface area contributed by atoms with E-state index in [-0.39, 0.29) is 11.0 Å². The van der Waals surface area contributed by atoms with Crippen molar-refractivity contribution in [3.05, 3.63) is 23.2 Å². The maximum absolute atomic E-state index is 6.34. The molecule has 2 aromatic rings. The highest BCUT2D eigenvalue weighted by atomic mass is 35.5. The zero-order valence-corrected chi connectivity index (χ0v) is 13.0. The molecule has 2 N–H and O–H groups in total. The number of hydrogen-bond acceptors (Lipinski definition) is 2. The Balaban J connectivity index is 2.65. The van der Waals surface area contributed by atoms with Gasteiger partial charge in [-0.05, 0) is 37.8 Å². The van der Waals surface area contributed by atoms with Crippen molar-refractivity contribution >= 4 is 28.6 Å². The lowest BCUT2D eigenvalue weighted by atomic mass is 9.81. The SMILES string of the molecule is CC(C)(C)CC(C)(C)n1c(N)nc2cccc(Cl)c21. The third kappa shape index (κ3) is 2.71. The zero-order valence-electron chi connectivity index (χ0n) is 12.3. The summed E-state index contributed by atoms with van der Waals surface area (Å²) >= 11 is 6.34. The lowest BCUT2D eigenvalue weighted by molar-refractivity contribution is 0.222. The number of nitrogens with two attached hydrogens (primary N) is 1. The number of fused-ring (bicyclic) bond motifs is 1. The Kier molecular flexibility index (Phi) is 3.29. The number of imidazole rings is 1. The van der Waals surface area contributed by atoms with E-state index in [2.05, 4.69) is 44.2 Å². The summed E-state index contributed by atoms with van der Waals surface area (Å²) in [6.45, 7) is 11.0. The number of rotatable bonds is 2. The van der Waals surface area contributed by atoms with Crippen molar-refractivity contribution < 1.29 is 0 Å². The van der Waals surface area contributed by atoms with Crippen LogP contribution in [0.2, 0.25) is 5.02 Å². The molecule has 1 heterocycles. The fourth-order valence-electron chi connectivity index (χ4n) is 3.09. The van der Waals surface area contributed by atoms with Gasteiger partial charge in [0.25, 0.3) is 0 Å². The molecule has 0 unspecified atom stereocenters. The van der Waals surface area contributed by atoms with Gasteiger partial charge in [0, 0.05) is 5.54 Å². The summed E-state index contributed by atoms with van der Waals surface area (Å²) in [5.41, 5.74) is 7.97. The molecule has 0 bridgehead atoms. The summed E-state index contributed by atoms with van der Waals surface area (Å²) in [6, 6.07) is 5.73. The second-order valence-corrected chi connectivity index (χ2v) is 7.37. The monoisotopic (exact) mass is 279 g/mol. The van der Waals surface area contributed by atoms with E-state index in [1.807, 2.05) is 18.2 Å². The highest BCUT2D eigenvalue weighted by molar-refractivity contribution is 6.35. The molecule has 0 aliphatic rings. The van der Waals surface area contributed by atoms with E-state index in [1.165, 1.54) is 0 Å². The Morgan fingerprint density at radius 2 is 1.84 bits per heavy atom. The van der Waals surface area contributed by atoms with Crippen LogP contribution in [0.25, 0.3) is 11.0 Å². The van der Waals surface area contributed by atoms with Crippen LogP contribution in [0.1, 0.15) is 41.0 Å². The fraction of sp³-hybridized carbons (Fsp3) is 0.533. The van der Waals surface area contributed by atoms with Crippen molar-refractivity contribution in [2.45, 2.75) is 46.6 Å². The molecule has 0 fully saturated rings. The maximum atomic E-state index is 6.34. The standard InChI is InChI=1S/C15H22ClN3/c1-14(2,3)9-15(4,5)19-12-10(16)7-6-8-11(12)18-13(19)17/h6-8H,9H2,1-5H3,(H2,17,18). The number of benzene rings is 1. The first-order valence-electron chi connectivity index (χ1n) is 6.55. The normalized spacial score (nSPS) is 13.2. The summed E-state index contributed by atoms with van der Waals surface area (Å²) in [4.78, 5) is 4.43. The molecule has 0 aliphatic carbocycles. The minimum absolute atomic E-state index is 0.137. The van der Waals surface area contributed by atoms with Gasteiger partial charge in [0.2, 0.25) is 5.95 Å². The first-order valence-corrected chi connectivity index (χ1v) is 6.92. The minimum atomic E-state index is -0.137. The van der Waals surface area contributed by atoms with Crippen LogP contribution in [-0.2, 0) is 5.54 Å². The molecule has 1 aromatic carbocycles. The number of nitrogen functional groups attached to an aromatic ring is 1. The molecule has 1 aromatic heterocycles. The van der Waals surface area contributed by atoms with Gasteiger partial charge in [-0.1, -0.05) is 38.4 Å². The topological polar surface area (TPSA) is 43.8 Å². The van der Waals surface area contributed by atoms with Crippen LogP contribution in [0.4, 0.5) is 5.95 Å². The molecule has 0 atom stereocenters. The van der Waals surface area contributed by atoms with Gasteiger partial charge in [-0.15, -0.1) is 0 Å². The van der Waals surface area contributed by atoms with E-state index in [4.69, 9.17) is 17.3 Å². The van der Waals surface area contributed by atoms with Crippen LogP contribution in [-0.4, -0.2) is 9.55 Å². The first-order chi connectivity index (χ1) is 8.62. The average molecular weight is 280 g/mol. The van der Waals surface area contributed by atoms with Crippen molar-refractivity contribution in [1.82, 2.24) is 9.55 Å². The van der Waals surface area contributed by atoms with Crippen LogP contribution in [0.3, 0.4) is 0 Å². The average Bonchev–Trinajstić information content (AvgIpc) is 2.52. The second kappa shape index (κ2) is 4.41. The number of para-hydroxylation sites is 1. The Hall–Kier alpha value is -1.22. The highest BCUT2D eigenvalue weighted by Crippen LogP contribution is 2.38. The molecule has 0 radical (unpaired) electrons. The van der Waals surface area contributed by atoms with Gasteiger partial charge in [0.15, 0.2) is 0 Å². The molecule has 0 aliphatic heterocycles. The minimum Gasteiger partial charge on any atom is -0.369 e. The van der Waals surface area contributed by atoms with E-state index in [9.17, 15) is 0 Å². The van der Waals surface area contributed by atoms with Gasteiger partial charge in [-0.3, -0.25) is 0 Å². The molecule has 0 saturated heterocycles. The van der Waals surface area contributed by atoms with Crippen molar-refractivity contribution in [3.8, 4) is 0 Å². The van der Waals surface area contributed by atoms with E-state index in [1.54, 1.807) is 0 Å². The molecular formula is C15H22ClN3. The zero-order chi connectivity index (χ0) is 14.4. The van der Waals surface area contributed by atoms with Gasteiger partial charge >= 0.3 is 0 Å². The summed E-state index contributed by atoms with van der Waals surface area (Å²) in [7, 11) is 0. The fourth-order valence-corrected chi connectivity index (χ4v) is 3.35. The van der Waals surface area contributed by atoms with Crippen LogP contribution in [0.5, 0.6) is 0 Å². The predicted molar refractivity (Wildman–Crippen MR) is 82.5 cm³/mol. The smallest absolute Gasteiger partial charge is 0.201 e. The second-order valence-electron chi connectivity index (χ2n) is 6.96. The van der Waals surface area contributed by atoms with Gasteiger partial charge < -0.3 is 10.3 Å². The van der Waals surface area contributed by atoms with Crippen molar-refractivity contribution in [3.63, 3.8) is 0 Å². The van der Waals surface area contributed by atoms with Crippen molar-refractivity contribution in [2.24, 2.45) is 5.41 Å². The number of aromatic nitrogens is 2. The van der Waals surface area contributed by atoms with Crippen LogP contribution in [0.15, 0.2) is 18.2 Å². The Labute approximate surface area is 119 Å². The van der Waals surface area contributed by atoms with Gasteiger partial charge in [-0.2, -0.15) is 0 Å². The molecule has 19 heavy (non-hydrogen) atoms. The van der Waals surface area contributed by atoms with E-state index >= 15 is 0 Å². The molecule has 2 rings (SSSR count). The molecule has 4 heteroatoms. The van der Waals surface area contributed by atoms with Crippen LogP contribution in [0, 0.1) is 5.41 Å². The summed E-state index contributed by atoms with van der Waals surface area (Å²) in [6.07, 6.45) is 0.987. The Morgan fingerprint density at radius 3 is 2.42 bits per heavy atom. The first kappa shape index (κ1) is 14.2. The lowest BCUT2D eigenvalue weighted by Crippen LogP contribution is -2.32. The number of halogens is 1. The molecule has 104 valence electrons. The summed E-state index contributed by atoms with van der Waals surface area (Å²) < 4.78 is 2.07. The molecule has 0 spiro atoms. The number of hydrogen-bond donors (Lipinski definition) is 1. The van der Waals surface area contributed by atoms with E-state index in [0.29, 0.717) is 11.0 Å². The van der Waals surface area contributed by atoms with Crippen LogP contribution >= 0.6 is 11.6 Å². The third-order valence-electron chi connectivity index (χ3n) is 3.22. The van der Waals surface area contributed by atoms with E-state index in [0.717, 1.165) is 17.5 Å². The van der Waals surface area contributed by atoms with Gasteiger partial charge in [-0.25, -0.2) is 4.98 Å². The van der Waals surface area contributed by atoms with Gasteiger partial charge in [0.1, 0.15) is 0 Å². The molecule has 3 nitrogen and oxygen atoms in total. The Bertz CT molecular complexity index is 606. The number of nitrogens with zero attached hydrogens (tertiary/aromatic N) is 2. The quantitative estimate of drug-likeness (QED) is 0.883. The van der Waals surface area contributed by atoms with Crippen molar-refractivity contribution in [2.75, 3.05) is 5.73 Å². The predicted octanol–water partition coefficient (Wildman–Crippen LogP) is 4.44. The van der Waals surface area contributed by atoms with Crippen molar-refractivity contribution in [1.29, 1.82) is 0 Å². The maximum Gasteiger partial charge on any atom is 0.201 e. The number of anilines is 1. The Morgan fingerprint density at radius 1 is 1.21 bits per heavy atom. The molecule has 0 saturated carbocycles. The third-order valence-corrected chi connectivity index (χ3v) is 3.53. The molecule has 0 amide bonds. The van der Waals surface area contributed by atoms with E-state index < -0.39 is 0 Å².